The molecule has 0 spiro atoms. The molecule has 0 radical (unpaired) electrons. The Balaban J connectivity index is 3.26. The van der Waals surface area contributed by atoms with Crippen molar-refractivity contribution >= 4 is 35.6 Å². The van der Waals surface area contributed by atoms with Gasteiger partial charge in [0.2, 0.25) is 6.10 Å². The highest BCUT2D eigenvalue weighted by atomic mass is 35.5. The van der Waals surface area contributed by atoms with Crippen LogP contribution in [-0.2, 0) is 23.9 Å². The molecule has 7 heteroatoms. The van der Waals surface area contributed by atoms with Gasteiger partial charge in [-0.3, -0.25) is 4.79 Å². The lowest BCUT2D eigenvalue weighted by atomic mass is 9.96. The van der Waals surface area contributed by atoms with Crippen molar-refractivity contribution in [2.24, 2.45) is 5.41 Å². The van der Waals surface area contributed by atoms with E-state index in [0.717, 1.165) is 0 Å². The monoisotopic (exact) mass is 368 g/mol. The van der Waals surface area contributed by atoms with Gasteiger partial charge in [-0.2, -0.15) is 0 Å². The minimum Gasteiger partial charge on any atom is -0.478 e. The van der Waals surface area contributed by atoms with Gasteiger partial charge in [-0.15, -0.1) is 0 Å². The topological polar surface area (TPSA) is 89.9 Å². The molecule has 0 unspecified atom stereocenters. The SMILES string of the molecule is CCOC(=O)/C=C/c1ccc(Cl)cc1[C@H](OC(=O)C(C)(C)C)C(=O)O. The Bertz CT molecular complexity index is 687. The first kappa shape index (κ1) is 20.7. The van der Waals surface area contributed by atoms with Gasteiger partial charge in [-0.1, -0.05) is 17.7 Å². The Labute approximate surface area is 151 Å². The van der Waals surface area contributed by atoms with E-state index in [2.05, 4.69) is 0 Å². The molecule has 6 nitrogen and oxygen atoms in total. The summed E-state index contributed by atoms with van der Waals surface area (Å²) in [6.45, 7) is 6.75. The number of rotatable bonds is 6. The van der Waals surface area contributed by atoms with E-state index < -0.39 is 29.4 Å². The molecule has 0 bridgehead atoms. The number of carbonyl (C=O) groups excluding carboxylic acids is 2. The first-order valence-corrected chi connectivity index (χ1v) is 8.02. The van der Waals surface area contributed by atoms with E-state index in [0.29, 0.717) is 5.56 Å². The average Bonchev–Trinajstić information content (AvgIpc) is 2.50. The van der Waals surface area contributed by atoms with Gasteiger partial charge in [-0.05, 0) is 51.5 Å². The zero-order valence-electron chi connectivity index (χ0n) is 14.5. The van der Waals surface area contributed by atoms with Gasteiger partial charge in [0.25, 0.3) is 0 Å². The highest BCUT2D eigenvalue weighted by molar-refractivity contribution is 6.30. The fourth-order valence-corrected chi connectivity index (χ4v) is 1.98. The Morgan fingerprint density at radius 1 is 1.28 bits per heavy atom. The molecule has 1 N–H and O–H groups in total. The van der Waals surface area contributed by atoms with E-state index >= 15 is 0 Å². The van der Waals surface area contributed by atoms with Crippen molar-refractivity contribution in [1.29, 1.82) is 0 Å². The first-order chi connectivity index (χ1) is 11.6. The lowest BCUT2D eigenvalue weighted by molar-refractivity contribution is -0.170. The Morgan fingerprint density at radius 3 is 2.44 bits per heavy atom. The van der Waals surface area contributed by atoms with Gasteiger partial charge in [0, 0.05) is 16.7 Å². The molecule has 25 heavy (non-hydrogen) atoms. The van der Waals surface area contributed by atoms with Crippen LogP contribution in [0.3, 0.4) is 0 Å². The maximum Gasteiger partial charge on any atom is 0.349 e. The van der Waals surface area contributed by atoms with Gasteiger partial charge in [0.05, 0.1) is 12.0 Å². The van der Waals surface area contributed by atoms with Crippen molar-refractivity contribution in [3.8, 4) is 0 Å². The van der Waals surface area contributed by atoms with E-state index in [9.17, 15) is 19.5 Å². The second kappa shape index (κ2) is 8.67. The minimum absolute atomic E-state index is 0.165. The molecule has 0 fully saturated rings. The summed E-state index contributed by atoms with van der Waals surface area (Å²) in [6, 6.07) is 4.47. The van der Waals surface area contributed by atoms with Gasteiger partial charge in [-0.25, -0.2) is 9.59 Å². The molecule has 1 aromatic rings. The molecule has 0 aliphatic rings. The van der Waals surface area contributed by atoms with Crippen LogP contribution in [0.25, 0.3) is 6.08 Å². The zero-order valence-corrected chi connectivity index (χ0v) is 15.3. The van der Waals surface area contributed by atoms with E-state index in [1.165, 1.54) is 24.3 Å². The molecule has 0 heterocycles. The predicted molar refractivity (Wildman–Crippen MR) is 93.0 cm³/mol. The van der Waals surface area contributed by atoms with Gasteiger partial charge in [0.15, 0.2) is 0 Å². The van der Waals surface area contributed by atoms with Crippen LogP contribution in [0.2, 0.25) is 5.02 Å². The number of carboxylic acid groups (broad SMARTS) is 1. The van der Waals surface area contributed by atoms with Crippen LogP contribution in [0.4, 0.5) is 0 Å². The van der Waals surface area contributed by atoms with Crippen molar-refractivity contribution in [2.45, 2.75) is 33.8 Å². The molecule has 1 atom stereocenters. The van der Waals surface area contributed by atoms with Crippen LogP contribution in [0.15, 0.2) is 24.3 Å². The van der Waals surface area contributed by atoms with Crippen molar-refractivity contribution in [3.63, 3.8) is 0 Å². The van der Waals surface area contributed by atoms with E-state index in [1.54, 1.807) is 33.8 Å². The number of benzene rings is 1. The standard InChI is InChI=1S/C18H21ClO6/c1-5-24-14(20)9-7-11-6-8-12(19)10-13(11)15(16(21)22)25-17(23)18(2,3)4/h6-10,15H,5H2,1-4H3,(H,21,22)/b9-7+/t15-/m0/s1. The minimum atomic E-state index is -1.55. The lowest BCUT2D eigenvalue weighted by Gasteiger charge is -2.22. The summed E-state index contributed by atoms with van der Waals surface area (Å²) in [5.74, 6) is -2.58. The van der Waals surface area contributed by atoms with Gasteiger partial charge in [0.1, 0.15) is 0 Å². The maximum atomic E-state index is 12.1. The third-order valence-electron chi connectivity index (χ3n) is 3.08. The second-order valence-corrected chi connectivity index (χ2v) is 6.67. The Morgan fingerprint density at radius 2 is 1.92 bits per heavy atom. The highest BCUT2D eigenvalue weighted by Crippen LogP contribution is 2.29. The third-order valence-corrected chi connectivity index (χ3v) is 3.31. The number of ether oxygens (including phenoxy) is 2. The summed E-state index contributed by atoms with van der Waals surface area (Å²) in [5, 5.41) is 9.76. The Kier molecular flexibility index (Phi) is 7.18. The normalized spacial score (nSPS) is 12.7. The lowest BCUT2D eigenvalue weighted by Crippen LogP contribution is -2.28. The number of esters is 2. The van der Waals surface area contributed by atoms with Crippen LogP contribution in [0.5, 0.6) is 0 Å². The molecule has 1 rings (SSSR count). The molecule has 0 amide bonds. The van der Waals surface area contributed by atoms with Crippen LogP contribution in [0.1, 0.15) is 44.9 Å². The molecular weight excluding hydrogens is 348 g/mol. The molecule has 0 aliphatic heterocycles. The van der Waals surface area contributed by atoms with Crippen LogP contribution in [0, 0.1) is 5.41 Å². The van der Waals surface area contributed by atoms with Crippen molar-refractivity contribution in [2.75, 3.05) is 6.61 Å². The summed E-state index contributed by atoms with van der Waals surface area (Å²) in [7, 11) is 0. The van der Waals surface area contributed by atoms with E-state index in [1.807, 2.05) is 0 Å². The molecule has 0 aromatic heterocycles. The van der Waals surface area contributed by atoms with Crippen molar-refractivity contribution < 1.29 is 29.0 Å². The summed E-state index contributed by atoms with van der Waals surface area (Å²) in [4.78, 5) is 35.2. The third kappa shape index (κ3) is 6.23. The van der Waals surface area contributed by atoms with Crippen molar-refractivity contribution in [3.05, 3.63) is 40.4 Å². The fourth-order valence-electron chi connectivity index (χ4n) is 1.80. The molecular formula is C18H21ClO6. The number of carboxylic acids is 1. The summed E-state index contributed by atoms with van der Waals surface area (Å²) >= 11 is 5.96. The second-order valence-electron chi connectivity index (χ2n) is 6.23. The molecule has 136 valence electrons. The maximum absolute atomic E-state index is 12.1. The Hall–Kier alpha value is -2.34. The number of carbonyl (C=O) groups is 3. The van der Waals surface area contributed by atoms with Crippen LogP contribution < -0.4 is 0 Å². The summed E-state index contributed by atoms with van der Waals surface area (Å²) in [5.41, 5.74) is -0.322. The summed E-state index contributed by atoms with van der Waals surface area (Å²) in [6.07, 6.45) is 1.01. The highest BCUT2D eigenvalue weighted by Gasteiger charge is 2.32. The largest absolute Gasteiger partial charge is 0.478 e. The average molecular weight is 369 g/mol. The van der Waals surface area contributed by atoms with Crippen LogP contribution >= 0.6 is 11.6 Å². The number of halogens is 1. The number of hydrogen-bond donors (Lipinski definition) is 1. The van der Waals surface area contributed by atoms with E-state index in [4.69, 9.17) is 21.1 Å². The van der Waals surface area contributed by atoms with Crippen LogP contribution in [-0.4, -0.2) is 29.6 Å². The smallest absolute Gasteiger partial charge is 0.349 e. The van der Waals surface area contributed by atoms with E-state index in [-0.39, 0.29) is 17.2 Å². The van der Waals surface area contributed by atoms with Crippen molar-refractivity contribution in [1.82, 2.24) is 0 Å². The molecule has 1 aromatic carbocycles. The quantitative estimate of drug-likeness (QED) is 0.609. The first-order valence-electron chi connectivity index (χ1n) is 7.64. The predicted octanol–water partition coefficient (Wildman–Crippen LogP) is 3.63. The number of aliphatic carboxylic acids is 1. The summed E-state index contributed by atoms with van der Waals surface area (Å²) < 4.78 is 9.96. The fraction of sp³-hybridized carbons (Fsp3) is 0.389. The zero-order chi connectivity index (χ0) is 19.2. The molecule has 0 saturated heterocycles. The van der Waals surface area contributed by atoms with Gasteiger partial charge >= 0.3 is 17.9 Å². The number of hydrogen-bond acceptors (Lipinski definition) is 5. The molecule has 0 saturated carbocycles. The van der Waals surface area contributed by atoms with Gasteiger partial charge < -0.3 is 14.6 Å². The molecule has 0 aliphatic carbocycles.